The van der Waals surface area contributed by atoms with Gasteiger partial charge in [-0.25, -0.2) is 4.98 Å². The van der Waals surface area contributed by atoms with E-state index in [-0.39, 0.29) is 0 Å². The van der Waals surface area contributed by atoms with Crippen LogP contribution in [0.4, 0.5) is 0 Å². The number of rotatable bonds is 10. The first-order chi connectivity index (χ1) is 21.9. The van der Waals surface area contributed by atoms with Crippen molar-refractivity contribution in [2.45, 2.75) is 51.6 Å². The second-order valence-electron chi connectivity index (χ2n) is 11.9. The monoisotopic (exact) mass is 598 g/mol. The molecule has 1 aliphatic rings. The van der Waals surface area contributed by atoms with Gasteiger partial charge in [0.1, 0.15) is 5.60 Å². The first-order valence-electron chi connectivity index (χ1n) is 16.2. The summed E-state index contributed by atoms with van der Waals surface area (Å²) in [5, 5.41) is 16.6. The summed E-state index contributed by atoms with van der Waals surface area (Å²) in [6, 6.07) is 33.5. The molecule has 0 radical (unpaired) electrons. The summed E-state index contributed by atoms with van der Waals surface area (Å²) < 4.78 is 5.97. The van der Waals surface area contributed by atoms with Crippen LogP contribution in [0.3, 0.4) is 0 Å². The Morgan fingerprint density at radius 2 is 1.62 bits per heavy atom. The van der Waals surface area contributed by atoms with Crippen molar-refractivity contribution in [1.29, 1.82) is 0 Å². The molecule has 0 saturated carbocycles. The van der Waals surface area contributed by atoms with Gasteiger partial charge >= 0.3 is 0 Å². The molecule has 0 saturated heterocycles. The Labute approximate surface area is 268 Å². The van der Waals surface area contributed by atoms with E-state index in [1.807, 2.05) is 38.1 Å². The number of benzene rings is 4. The fraction of sp³-hybridized carbons (Fsp3) is 0.293. The van der Waals surface area contributed by atoms with Crippen molar-refractivity contribution < 1.29 is 9.84 Å². The summed E-state index contributed by atoms with van der Waals surface area (Å²) >= 11 is 0. The summed E-state index contributed by atoms with van der Waals surface area (Å²) in [5.41, 5.74) is 4.90. The summed E-state index contributed by atoms with van der Waals surface area (Å²) in [6.45, 7) is 7.65. The number of nitrogens with zero attached hydrogens (tertiary/aromatic N) is 2. The molecule has 1 aromatic heterocycles. The Bertz CT molecular complexity index is 1790. The van der Waals surface area contributed by atoms with E-state index in [1.165, 1.54) is 11.1 Å². The van der Waals surface area contributed by atoms with Crippen molar-refractivity contribution in [2.75, 3.05) is 27.2 Å². The SMILES string of the molecule is CC.COc1nc2ccc(C)cc2cc1C(c1ccccc1)C(O)(CCN(C)CC1=CCCC=C1)c1ccc2ccccc2c1. The van der Waals surface area contributed by atoms with Crippen LogP contribution in [0.25, 0.3) is 21.7 Å². The van der Waals surface area contributed by atoms with Crippen molar-refractivity contribution >= 4 is 21.7 Å². The second kappa shape index (κ2) is 14.7. The van der Waals surface area contributed by atoms with Crippen molar-refractivity contribution in [2.24, 2.45) is 0 Å². The number of methoxy groups -OCH3 is 1. The highest BCUT2D eigenvalue weighted by atomic mass is 16.5. The number of allylic oxidation sites excluding steroid dienone is 2. The molecule has 0 aliphatic heterocycles. The Balaban J connectivity index is 0.00000196. The highest BCUT2D eigenvalue weighted by Crippen LogP contribution is 2.48. The molecule has 4 aromatic carbocycles. The average molecular weight is 599 g/mol. The van der Waals surface area contributed by atoms with E-state index in [0.29, 0.717) is 18.8 Å². The first-order valence-corrected chi connectivity index (χ1v) is 16.2. The molecule has 0 amide bonds. The Kier molecular flexibility index (Phi) is 10.5. The second-order valence-corrected chi connectivity index (χ2v) is 11.9. The van der Waals surface area contributed by atoms with E-state index in [2.05, 4.69) is 110 Å². The summed E-state index contributed by atoms with van der Waals surface area (Å²) in [5.74, 6) is 0.111. The van der Waals surface area contributed by atoms with Crippen LogP contribution in [-0.4, -0.2) is 42.2 Å². The fourth-order valence-electron chi connectivity index (χ4n) is 6.47. The number of ether oxygens (including phenoxy) is 1. The molecule has 1 heterocycles. The van der Waals surface area contributed by atoms with E-state index in [9.17, 15) is 5.11 Å². The summed E-state index contributed by atoms with van der Waals surface area (Å²) in [4.78, 5) is 7.27. The molecule has 0 bridgehead atoms. The molecule has 1 N–H and O–H groups in total. The molecule has 0 fully saturated rings. The minimum atomic E-state index is -1.26. The van der Waals surface area contributed by atoms with Gasteiger partial charge in [0.05, 0.1) is 12.6 Å². The third-order valence-corrected chi connectivity index (χ3v) is 8.73. The molecule has 0 spiro atoms. The number of aryl methyl sites for hydroxylation is 1. The van der Waals surface area contributed by atoms with Gasteiger partial charge in [0.15, 0.2) is 0 Å². The van der Waals surface area contributed by atoms with Crippen LogP contribution in [0.1, 0.15) is 61.3 Å². The van der Waals surface area contributed by atoms with Crippen LogP contribution >= 0.6 is 0 Å². The lowest BCUT2D eigenvalue weighted by molar-refractivity contribution is 0.00295. The molecule has 2 unspecified atom stereocenters. The van der Waals surface area contributed by atoms with Gasteiger partial charge in [0.2, 0.25) is 5.88 Å². The van der Waals surface area contributed by atoms with Gasteiger partial charge in [-0.1, -0.05) is 110 Å². The van der Waals surface area contributed by atoms with E-state index in [1.54, 1.807) is 7.11 Å². The Morgan fingerprint density at radius 1 is 0.867 bits per heavy atom. The average Bonchev–Trinajstić information content (AvgIpc) is 3.08. The number of hydrogen-bond donors (Lipinski definition) is 1. The maximum absolute atomic E-state index is 13.3. The molecule has 4 heteroatoms. The molecule has 5 aromatic rings. The predicted molar refractivity (Wildman–Crippen MR) is 189 cm³/mol. The summed E-state index contributed by atoms with van der Waals surface area (Å²) in [7, 11) is 3.81. The van der Waals surface area contributed by atoms with Crippen molar-refractivity contribution in [3.05, 3.63) is 143 Å². The van der Waals surface area contributed by atoms with E-state index >= 15 is 0 Å². The van der Waals surface area contributed by atoms with Gasteiger partial charge in [-0.2, -0.15) is 0 Å². The third kappa shape index (κ3) is 7.19. The van der Waals surface area contributed by atoms with Gasteiger partial charge in [0.25, 0.3) is 0 Å². The van der Waals surface area contributed by atoms with E-state index in [0.717, 1.165) is 57.8 Å². The maximum atomic E-state index is 13.3. The van der Waals surface area contributed by atoms with Crippen LogP contribution in [0.5, 0.6) is 5.88 Å². The standard InChI is InChI=1S/C39H40N2O2.C2H6/c1-28-18-21-36-33(24-28)26-35(38(40-36)43-3)37(31-15-8-5-9-16-31)39(42,22-23-41(2)27-29-12-6-4-7-13-29)34-20-19-30-14-10-11-17-32(30)25-34;1-2/h5-6,8-21,24-26,37,42H,4,7,22-23,27H2,1-3H3;1-2H3. The van der Waals surface area contributed by atoms with E-state index < -0.39 is 11.5 Å². The Morgan fingerprint density at radius 3 is 2.36 bits per heavy atom. The summed E-state index contributed by atoms with van der Waals surface area (Å²) in [6.07, 6.45) is 9.52. The minimum absolute atomic E-state index is 0.426. The number of fused-ring (bicyclic) bond motifs is 2. The highest BCUT2D eigenvalue weighted by molar-refractivity contribution is 5.84. The number of likely N-dealkylation sites (N-methyl/N-ethyl adjacent to an activating group) is 1. The highest BCUT2D eigenvalue weighted by Gasteiger charge is 2.42. The van der Waals surface area contributed by atoms with Gasteiger partial charge in [-0.05, 0) is 85.0 Å². The predicted octanol–water partition coefficient (Wildman–Crippen LogP) is 9.35. The molecule has 1 aliphatic carbocycles. The van der Waals surface area contributed by atoms with Gasteiger partial charge in [-0.15, -0.1) is 0 Å². The molecular weight excluding hydrogens is 552 g/mol. The molecule has 45 heavy (non-hydrogen) atoms. The molecule has 2 atom stereocenters. The molecule has 232 valence electrons. The minimum Gasteiger partial charge on any atom is -0.481 e. The number of aliphatic hydroxyl groups is 1. The largest absolute Gasteiger partial charge is 0.481 e. The van der Waals surface area contributed by atoms with Crippen molar-refractivity contribution in [3.63, 3.8) is 0 Å². The fourth-order valence-corrected chi connectivity index (χ4v) is 6.47. The lowest BCUT2D eigenvalue weighted by atomic mass is 9.71. The van der Waals surface area contributed by atoms with Gasteiger partial charge in [-0.3, -0.25) is 0 Å². The number of pyridine rings is 1. The van der Waals surface area contributed by atoms with Crippen LogP contribution in [0, 0.1) is 6.92 Å². The first kappa shape index (κ1) is 32.2. The lowest BCUT2D eigenvalue weighted by Crippen LogP contribution is -2.38. The van der Waals surface area contributed by atoms with Gasteiger partial charge < -0.3 is 14.7 Å². The molecular formula is C41H46N2O2. The van der Waals surface area contributed by atoms with Crippen LogP contribution < -0.4 is 4.74 Å². The number of hydrogen-bond acceptors (Lipinski definition) is 4. The van der Waals surface area contributed by atoms with Crippen LogP contribution in [-0.2, 0) is 5.60 Å². The zero-order valence-electron chi connectivity index (χ0n) is 27.3. The zero-order chi connectivity index (χ0) is 31.8. The van der Waals surface area contributed by atoms with Crippen molar-refractivity contribution in [1.82, 2.24) is 9.88 Å². The Hall–Kier alpha value is -4.25. The third-order valence-electron chi connectivity index (χ3n) is 8.73. The normalized spacial score (nSPS) is 14.9. The maximum Gasteiger partial charge on any atom is 0.217 e. The number of aromatic nitrogens is 1. The lowest BCUT2D eigenvalue weighted by Gasteiger charge is -2.39. The topological polar surface area (TPSA) is 45.6 Å². The smallest absolute Gasteiger partial charge is 0.217 e. The molecule has 6 rings (SSSR count). The van der Waals surface area contributed by atoms with Gasteiger partial charge in [0, 0.05) is 30.0 Å². The zero-order valence-corrected chi connectivity index (χ0v) is 27.3. The molecule has 4 nitrogen and oxygen atoms in total. The quantitative estimate of drug-likeness (QED) is 0.174. The van der Waals surface area contributed by atoms with Crippen LogP contribution in [0.15, 0.2) is 121 Å². The van der Waals surface area contributed by atoms with Crippen LogP contribution in [0.2, 0.25) is 0 Å². The van der Waals surface area contributed by atoms with Crippen molar-refractivity contribution in [3.8, 4) is 5.88 Å². The van der Waals surface area contributed by atoms with E-state index in [4.69, 9.17) is 9.72 Å².